The van der Waals surface area contributed by atoms with E-state index in [0.29, 0.717) is 0 Å². The van der Waals surface area contributed by atoms with Crippen LogP contribution in [0.1, 0.15) is 0 Å². The third kappa shape index (κ3) is 2.70. The molecule has 0 heterocycles. The molecular weight excluding hydrogens is 240 g/mol. The molecule has 0 amide bonds. The van der Waals surface area contributed by atoms with Crippen LogP contribution in [-0.2, 0) is 0 Å². The topological polar surface area (TPSA) is 0 Å². The minimum absolute atomic E-state index is 1.31. The van der Waals surface area contributed by atoms with E-state index in [1.54, 1.807) is 0 Å². The van der Waals surface area contributed by atoms with Crippen molar-refractivity contribution in [3.05, 3.63) is 97.1 Å². The second-order valence-electron chi connectivity index (χ2n) is 4.66. The van der Waals surface area contributed by atoms with Crippen LogP contribution in [0.15, 0.2) is 97.1 Å². The van der Waals surface area contributed by atoms with Crippen molar-refractivity contribution in [1.82, 2.24) is 0 Å². The lowest BCUT2D eigenvalue weighted by Gasteiger charge is -2.02. The standard InChI is InChI=1S/C14H10.C6H6/c1-3-7-13-11(5-1)9-10-12-6-2-4-8-14(12)13;1-2-4-6-5-3-1/h1-10H;1-6H. The van der Waals surface area contributed by atoms with Gasteiger partial charge >= 0.3 is 0 Å². The van der Waals surface area contributed by atoms with Crippen LogP contribution in [0.4, 0.5) is 0 Å². The summed E-state index contributed by atoms with van der Waals surface area (Å²) >= 11 is 0. The van der Waals surface area contributed by atoms with E-state index in [1.807, 2.05) is 36.4 Å². The molecular formula is C20H16. The lowest BCUT2D eigenvalue weighted by atomic mass is 10.0. The zero-order valence-corrected chi connectivity index (χ0v) is 11.2. The Morgan fingerprint density at radius 3 is 1.05 bits per heavy atom. The monoisotopic (exact) mass is 256 g/mol. The number of fused-ring (bicyclic) bond motifs is 3. The van der Waals surface area contributed by atoms with Gasteiger partial charge in [0.1, 0.15) is 0 Å². The largest absolute Gasteiger partial charge is 0.0623 e. The predicted octanol–water partition coefficient (Wildman–Crippen LogP) is 5.68. The van der Waals surface area contributed by atoms with E-state index in [9.17, 15) is 0 Å². The molecule has 0 N–H and O–H groups in total. The number of rotatable bonds is 0. The molecule has 0 aliphatic carbocycles. The van der Waals surface area contributed by atoms with E-state index in [-0.39, 0.29) is 0 Å². The van der Waals surface area contributed by atoms with Gasteiger partial charge in [-0.15, -0.1) is 0 Å². The first kappa shape index (κ1) is 12.4. The van der Waals surface area contributed by atoms with Crippen LogP contribution in [0.2, 0.25) is 0 Å². The Morgan fingerprint density at radius 1 is 0.300 bits per heavy atom. The summed E-state index contributed by atoms with van der Waals surface area (Å²) in [5.41, 5.74) is 0. The zero-order chi connectivity index (χ0) is 13.6. The highest BCUT2D eigenvalue weighted by Crippen LogP contribution is 2.24. The summed E-state index contributed by atoms with van der Waals surface area (Å²) in [7, 11) is 0. The first-order valence-electron chi connectivity index (χ1n) is 6.82. The normalized spacial score (nSPS) is 10.0. The molecule has 0 radical (unpaired) electrons. The predicted molar refractivity (Wildman–Crippen MR) is 87.9 cm³/mol. The average molecular weight is 256 g/mol. The van der Waals surface area contributed by atoms with E-state index >= 15 is 0 Å². The molecule has 0 unspecified atom stereocenters. The molecule has 0 atom stereocenters. The van der Waals surface area contributed by atoms with E-state index in [2.05, 4.69) is 60.7 Å². The molecule has 0 fully saturated rings. The Bertz CT molecular complexity index is 720. The minimum atomic E-state index is 1.31. The molecule has 0 heteroatoms. The van der Waals surface area contributed by atoms with Crippen LogP contribution in [0, 0.1) is 0 Å². The van der Waals surface area contributed by atoms with Crippen LogP contribution in [0.25, 0.3) is 21.5 Å². The van der Waals surface area contributed by atoms with Gasteiger partial charge in [-0.25, -0.2) is 0 Å². The Morgan fingerprint density at radius 2 is 0.650 bits per heavy atom. The Kier molecular flexibility index (Phi) is 3.75. The molecule has 0 aliphatic rings. The zero-order valence-electron chi connectivity index (χ0n) is 11.2. The number of hydrogen-bond donors (Lipinski definition) is 0. The van der Waals surface area contributed by atoms with Gasteiger partial charge in [-0.1, -0.05) is 97.1 Å². The molecule has 4 aromatic carbocycles. The lowest BCUT2D eigenvalue weighted by Crippen LogP contribution is -1.75. The molecule has 4 rings (SSSR count). The van der Waals surface area contributed by atoms with Crippen molar-refractivity contribution in [2.75, 3.05) is 0 Å². The first-order valence-corrected chi connectivity index (χ1v) is 6.82. The summed E-state index contributed by atoms with van der Waals surface area (Å²) < 4.78 is 0. The van der Waals surface area contributed by atoms with Crippen LogP contribution in [0.3, 0.4) is 0 Å². The molecule has 20 heavy (non-hydrogen) atoms. The molecule has 0 saturated carbocycles. The van der Waals surface area contributed by atoms with Crippen molar-refractivity contribution in [3.63, 3.8) is 0 Å². The Balaban J connectivity index is 0.000000170. The summed E-state index contributed by atoms with van der Waals surface area (Å²) in [5, 5.41) is 5.30. The summed E-state index contributed by atoms with van der Waals surface area (Å²) in [6.07, 6.45) is 0. The van der Waals surface area contributed by atoms with Gasteiger partial charge in [0.15, 0.2) is 0 Å². The third-order valence-electron chi connectivity index (χ3n) is 3.32. The maximum atomic E-state index is 2.18. The molecule has 0 saturated heterocycles. The highest BCUT2D eigenvalue weighted by Gasteiger charge is 1.97. The van der Waals surface area contributed by atoms with Gasteiger partial charge < -0.3 is 0 Å². The van der Waals surface area contributed by atoms with Gasteiger partial charge in [0.05, 0.1) is 0 Å². The quantitative estimate of drug-likeness (QED) is 0.355. The minimum Gasteiger partial charge on any atom is -0.0623 e. The van der Waals surface area contributed by atoms with Gasteiger partial charge in [-0.3, -0.25) is 0 Å². The summed E-state index contributed by atoms with van der Waals surface area (Å²) in [6, 6.07) is 33.4. The fourth-order valence-corrected chi connectivity index (χ4v) is 2.34. The van der Waals surface area contributed by atoms with Crippen LogP contribution in [0.5, 0.6) is 0 Å². The maximum absolute atomic E-state index is 2.18. The fraction of sp³-hybridized carbons (Fsp3) is 0. The smallest absolute Gasteiger partial charge is 0.0105 e. The van der Waals surface area contributed by atoms with E-state index in [4.69, 9.17) is 0 Å². The molecule has 4 aromatic rings. The summed E-state index contributed by atoms with van der Waals surface area (Å²) in [6.45, 7) is 0. The van der Waals surface area contributed by atoms with Crippen LogP contribution >= 0.6 is 0 Å². The van der Waals surface area contributed by atoms with E-state index in [1.165, 1.54) is 21.5 Å². The van der Waals surface area contributed by atoms with E-state index in [0.717, 1.165) is 0 Å². The molecule has 0 aromatic heterocycles. The van der Waals surface area contributed by atoms with Gasteiger partial charge in [0, 0.05) is 0 Å². The van der Waals surface area contributed by atoms with E-state index < -0.39 is 0 Å². The van der Waals surface area contributed by atoms with Crippen LogP contribution in [-0.4, -0.2) is 0 Å². The van der Waals surface area contributed by atoms with Gasteiger partial charge in [-0.2, -0.15) is 0 Å². The third-order valence-corrected chi connectivity index (χ3v) is 3.32. The molecule has 0 spiro atoms. The van der Waals surface area contributed by atoms with Crippen molar-refractivity contribution < 1.29 is 0 Å². The highest BCUT2D eigenvalue weighted by atomic mass is 14.0. The van der Waals surface area contributed by atoms with Crippen molar-refractivity contribution in [1.29, 1.82) is 0 Å². The molecule has 0 nitrogen and oxygen atoms in total. The van der Waals surface area contributed by atoms with Crippen molar-refractivity contribution in [2.45, 2.75) is 0 Å². The maximum Gasteiger partial charge on any atom is -0.0105 e. The molecule has 96 valence electrons. The summed E-state index contributed by atoms with van der Waals surface area (Å²) in [5.74, 6) is 0. The SMILES string of the molecule is c1ccc2c(c1)ccc1ccccc12.c1ccccc1. The number of benzene rings is 4. The van der Waals surface area contributed by atoms with Crippen LogP contribution < -0.4 is 0 Å². The fourth-order valence-electron chi connectivity index (χ4n) is 2.34. The molecule has 0 aliphatic heterocycles. The van der Waals surface area contributed by atoms with Gasteiger partial charge in [0.2, 0.25) is 0 Å². The first-order chi connectivity index (χ1) is 9.95. The summed E-state index contributed by atoms with van der Waals surface area (Å²) in [4.78, 5) is 0. The molecule has 0 bridgehead atoms. The Labute approximate surface area is 119 Å². The van der Waals surface area contributed by atoms with Gasteiger partial charge in [-0.05, 0) is 21.5 Å². The second kappa shape index (κ2) is 6.03. The highest BCUT2D eigenvalue weighted by molar-refractivity contribution is 6.07. The average Bonchev–Trinajstić information content (AvgIpc) is 2.57. The second-order valence-corrected chi connectivity index (χ2v) is 4.66. The van der Waals surface area contributed by atoms with Gasteiger partial charge in [0.25, 0.3) is 0 Å². The van der Waals surface area contributed by atoms with Crippen molar-refractivity contribution in [3.8, 4) is 0 Å². The van der Waals surface area contributed by atoms with Crippen molar-refractivity contribution in [2.24, 2.45) is 0 Å². The number of hydrogen-bond acceptors (Lipinski definition) is 0. The Hall–Kier alpha value is -2.60. The van der Waals surface area contributed by atoms with Crippen molar-refractivity contribution >= 4 is 21.5 Å². The lowest BCUT2D eigenvalue weighted by molar-refractivity contribution is 1.72.